The van der Waals surface area contributed by atoms with Gasteiger partial charge in [-0.2, -0.15) is 5.10 Å². The highest BCUT2D eigenvalue weighted by Crippen LogP contribution is 2.31. The van der Waals surface area contributed by atoms with Gasteiger partial charge in [0.25, 0.3) is 5.91 Å². The fourth-order valence-corrected chi connectivity index (χ4v) is 3.85. The van der Waals surface area contributed by atoms with Crippen molar-refractivity contribution < 1.29 is 14.3 Å². The second-order valence-corrected chi connectivity index (χ2v) is 6.80. The van der Waals surface area contributed by atoms with Crippen LogP contribution < -0.4 is 4.74 Å². The average molecular weight is 356 g/mol. The Labute approximate surface area is 152 Å². The fourth-order valence-electron chi connectivity index (χ4n) is 3.85. The molecule has 1 aromatic heterocycles. The van der Waals surface area contributed by atoms with Gasteiger partial charge in [-0.05, 0) is 37.8 Å². The zero-order valence-corrected chi connectivity index (χ0v) is 15.0. The molecule has 2 aromatic rings. The Bertz CT molecular complexity index is 762. The molecule has 1 aromatic carbocycles. The van der Waals surface area contributed by atoms with E-state index in [0.717, 1.165) is 56.0 Å². The first-order valence-corrected chi connectivity index (χ1v) is 9.21. The predicted octanol–water partition coefficient (Wildman–Crippen LogP) is 2.16. The molecule has 7 nitrogen and oxygen atoms in total. The van der Waals surface area contributed by atoms with Crippen LogP contribution in [0.3, 0.4) is 0 Å². The Morgan fingerprint density at radius 3 is 2.77 bits per heavy atom. The number of hydrogen-bond acceptors (Lipinski definition) is 5. The molecular formula is C19H24N4O3. The van der Waals surface area contributed by atoms with E-state index in [1.54, 1.807) is 13.4 Å². The van der Waals surface area contributed by atoms with Crippen molar-refractivity contribution in [2.24, 2.45) is 0 Å². The Balaban J connectivity index is 1.47. The first kappa shape index (κ1) is 17.0. The van der Waals surface area contributed by atoms with Crippen molar-refractivity contribution in [1.82, 2.24) is 19.7 Å². The van der Waals surface area contributed by atoms with Gasteiger partial charge in [0.05, 0.1) is 7.11 Å². The second kappa shape index (κ2) is 7.45. The Morgan fingerprint density at radius 2 is 2.04 bits per heavy atom. The minimum atomic E-state index is -0.233. The maximum Gasteiger partial charge on any atom is 0.251 e. The van der Waals surface area contributed by atoms with Gasteiger partial charge in [0, 0.05) is 25.6 Å². The largest absolute Gasteiger partial charge is 0.494 e. The zero-order chi connectivity index (χ0) is 17.9. The molecule has 0 unspecified atom stereocenters. The van der Waals surface area contributed by atoms with Gasteiger partial charge in [0.2, 0.25) is 0 Å². The number of aromatic nitrogens is 3. The lowest BCUT2D eigenvalue weighted by Gasteiger charge is -2.33. The number of nitrogens with zero attached hydrogens (tertiary/aromatic N) is 4. The lowest BCUT2D eigenvalue weighted by atomic mass is 9.95. The predicted molar refractivity (Wildman–Crippen MR) is 95.4 cm³/mol. The van der Waals surface area contributed by atoms with E-state index in [4.69, 9.17) is 9.47 Å². The molecule has 0 aliphatic carbocycles. The van der Waals surface area contributed by atoms with Gasteiger partial charge >= 0.3 is 0 Å². The quantitative estimate of drug-likeness (QED) is 0.840. The van der Waals surface area contributed by atoms with Crippen LogP contribution in [0, 0.1) is 0 Å². The highest BCUT2D eigenvalue weighted by atomic mass is 16.5. The summed E-state index contributed by atoms with van der Waals surface area (Å²) in [4.78, 5) is 19.0. The van der Waals surface area contributed by atoms with Gasteiger partial charge < -0.3 is 14.4 Å². The average Bonchev–Trinajstić information content (AvgIpc) is 3.39. The van der Waals surface area contributed by atoms with Crippen molar-refractivity contribution in [3.63, 3.8) is 0 Å². The standard InChI is InChI=1S/C19H24N4O3/c1-25-16-6-3-2-5-15(16)23-18(20-13-21-23)14-8-10-22(11-9-14)19(24)17-7-4-12-26-17/h2-3,5-6,13-14,17H,4,7-12H2,1H3/t17-/m1/s1. The van der Waals surface area contributed by atoms with Crippen LogP contribution in [0.5, 0.6) is 5.75 Å². The summed E-state index contributed by atoms with van der Waals surface area (Å²) in [5, 5.41) is 4.41. The summed E-state index contributed by atoms with van der Waals surface area (Å²) >= 11 is 0. The van der Waals surface area contributed by atoms with Gasteiger partial charge in [-0.3, -0.25) is 4.79 Å². The summed E-state index contributed by atoms with van der Waals surface area (Å²) in [7, 11) is 1.66. The van der Waals surface area contributed by atoms with Crippen molar-refractivity contribution >= 4 is 5.91 Å². The minimum absolute atomic E-state index is 0.146. The van der Waals surface area contributed by atoms with Crippen molar-refractivity contribution in [3.05, 3.63) is 36.4 Å². The highest BCUT2D eigenvalue weighted by molar-refractivity contribution is 5.81. The molecule has 0 bridgehead atoms. The van der Waals surface area contributed by atoms with Gasteiger partial charge in [-0.1, -0.05) is 12.1 Å². The van der Waals surface area contributed by atoms with Gasteiger partial charge in [0.15, 0.2) is 0 Å². The van der Waals surface area contributed by atoms with Crippen LogP contribution in [0.25, 0.3) is 5.69 Å². The van der Waals surface area contributed by atoms with Crippen molar-refractivity contribution in [3.8, 4) is 11.4 Å². The number of para-hydroxylation sites is 2. The summed E-state index contributed by atoms with van der Waals surface area (Å²) in [6.07, 6.45) is 4.95. The molecule has 138 valence electrons. The van der Waals surface area contributed by atoms with Gasteiger partial charge in [-0.15, -0.1) is 0 Å². The molecule has 0 saturated carbocycles. The lowest BCUT2D eigenvalue weighted by Crippen LogP contribution is -2.43. The Kier molecular flexibility index (Phi) is 4.88. The summed E-state index contributed by atoms with van der Waals surface area (Å²) in [6, 6.07) is 7.80. The number of benzene rings is 1. The number of hydrogen-bond donors (Lipinski definition) is 0. The van der Waals surface area contributed by atoms with Crippen LogP contribution in [0.15, 0.2) is 30.6 Å². The molecule has 1 amide bonds. The van der Waals surface area contributed by atoms with Crippen molar-refractivity contribution in [1.29, 1.82) is 0 Å². The Morgan fingerprint density at radius 1 is 1.23 bits per heavy atom. The third kappa shape index (κ3) is 3.19. The monoisotopic (exact) mass is 356 g/mol. The van der Waals surface area contributed by atoms with E-state index >= 15 is 0 Å². The van der Waals surface area contributed by atoms with Crippen LogP contribution in [0.1, 0.15) is 37.4 Å². The maximum atomic E-state index is 12.5. The molecule has 4 rings (SSSR count). The van der Waals surface area contributed by atoms with E-state index in [2.05, 4.69) is 10.1 Å². The van der Waals surface area contributed by atoms with E-state index in [-0.39, 0.29) is 17.9 Å². The number of piperidine rings is 1. The number of rotatable bonds is 4. The number of carbonyl (C=O) groups excluding carboxylic acids is 1. The van der Waals surface area contributed by atoms with Crippen LogP contribution in [-0.4, -0.2) is 58.5 Å². The highest BCUT2D eigenvalue weighted by Gasteiger charge is 2.32. The topological polar surface area (TPSA) is 69.5 Å². The third-order valence-corrected chi connectivity index (χ3v) is 5.26. The molecule has 3 heterocycles. The second-order valence-electron chi connectivity index (χ2n) is 6.80. The lowest BCUT2D eigenvalue weighted by molar-refractivity contribution is -0.142. The van der Waals surface area contributed by atoms with E-state index < -0.39 is 0 Å². The molecule has 26 heavy (non-hydrogen) atoms. The zero-order valence-electron chi connectivity index (χ0n) is 15.0. The number of methoxy groups -OCH3 is 1. The first-order chi connectivity index (χ1) is 12.8. The molecule has 2 fully saturated rings. The summed E-state index contributed by atoms with van der Waals surface area (Å²) in [6.45, 7) is 2.18. The van der Waals surface area contributed by atoms with E-state index in [9.17, 15) is 4.79 Å². The molecule has 0 N–H and O–H groups in total. The number of amides is 1. The summed E-state index contributed by atoms with van der Waals surface area (Å²) in [5.41, 5.74) is 0.889. The molecule has 2 aliphatic heterocycles. The van der Waals surface area contributed by atoms with Crippen molar-refractivity contribution in [2.45, 2.75) is 37.7 Å². The van der Waals surface area contributed by atoms with E-state index in [1.165, 1.54) is 0 Å². The normalized spacial score (nSPS) is 21.1. The summed E-state index contributed by atoms with van der Waals surface area (Å²) in [5.74, 6) is 2.12. The molecule has 0 spiro atoms. The van der Waals surface area contributed by atoms with E-state index in [0.29, 0.717) is 6.61 Å². The molecule has 7 heteroatoms. The fraction of sp³-hybridized carbons (Fsp3) is 0.526. The van der Waals surface area contributed by atoms with Crippen LogP contribution >= 0.6 is 0 Å². The minimum Gasteiger partial charge on any atom is -0.494 e. The summed E-state index contributed by atoms with van der Waals surface area (Å²) < 4.78 is 12.9. The van der Waals surface area contributed by atoms with Crippen LogP contribution in [-0.2, 0) is 9.53 Å². The van der Waals surface area contributed by atoms with Crippen LogP contribution in [0.4, 0.5) is 0 Å². The van der Waals surface area contributed by atoms with Crippen LogP contribution in [0.2, 0.25) is 0 Å². The first-order valence-electron chi connectivity index (χ1n) is 9.21. The van der Waals surface area contributed by atoms with E-state index in [1.807, 2.05) is 33.8 Å². The SMILES string of the molecule is COc1ccccc1-n1ncnc1C1CCN(C(=O)[C@H]2CCCO2)CC1. The molecule has 2 saturated heterocycles. The maximum absolute atomic E-state index is 12.5. The smallest absolute Gasteiger partial charge is 0.251 e. The number of ether oxygens (including phenoxy) is 2. The molecule has 2 aliphatic rings. The Hall–Kier alpha value is -2.41. The van der Waals surface area contributed by atoms with Crippen molar-refractivity contribution in [2.75, 3.05) is 26.8 Å². The number of carbonyl (C=O) groups is 1. The third-order valence-electron chi connectivity index (χ3n) is 5.26. The van der Waals surface area contributed by atoms with Gasteiger partial charge in [-0.25, -0.2) is 9.67 Å². The number of likely N-dealkylation sites (tertiary alicyclic amines) is 1. The molecular weight excluding hydrogens is 332 g/mol. The molecule has 0 radical (unpaired) electrons. The molecule has 1 atom stereocenters. The van der Waals surface area contributed by atoms with Gasteiger partial charge in [0.1, 0.15) is 29.7 Å².